The highest BCUT2D eigenvalue weighted by molar-refractivity contribution is 6.46. The third kappa shape index (κ3) is 4.65. The highest BCUT2D eigenvalue weighted by atomic mass is 16.5. The molecule has 8 nitrogen and oxygen atoms in total. The van der Waals surface area contributed by atoms with Crippen LogP contribution < -0.4 is 9.47 Å². The normalized spacial score (nSPS) is 17.5. The van der Waals surface area contributed by atoms with E-state index in [0.717, 1.165) is 0 Å². The molecule has 168 valence electrons. The van der Waals surface area contributed by atoms with Crippen molar-refractivity contribution in [2.75, 3.05) is 27.4 Å². The number of ether oxygens (including phenoxy) is 3. The molecule has 8 heteroatoms. The maximum absolute atomic E-state index is 13.0. The lowest BCUT2D eigenvalue weighted by atomic mass is 9.95. The second-order valence-electron chi connectivity index (χ2n) is 7.21. The van der Waals surface area contributed by atoms with E-state index in [0.29, 0.717) is 29.9 Å². The molecule has 1 fully saturated rings. The molecular weight excluding hydrogens is 414 g/mol. The van der Waals surface area contributed by atoms with E-state index >= 15 is 0 Å². The number of para-hydroxylation sites is 1. The van der Waals surface area contributed by atoms with Crippen molar-refractivity contribution >= 4 is 23.4 Å². The summed E-state index contributed by atoms with van der Waals surface area (Å²) < 4.78 is 15.6. The first kappa shape index (κ1) is 23.0. The van der Waals surface area contributed by atoms with E-state index in [9.17, 15) is 19.5 Å². The number of benzene rings is 2. The lowest BCUT2D eigenvalue weighted by Crippen LogP contribution is -2.31. The van der Waals surface area contributed by atoms with Gasteiger partial charge < -0.3 is 24.2 Å². The third-order valence-corrected chi connectivity index (χ3v) is 5.08. The number of carbonyl (C=O) groups excluding carboxylic acids is 3. The maximum atomic E-state index is 13.0. The van der Waals surface area contributed by atoms with E-state index in [1.807, 2.05) is 0 Å². The standard InChI is InChI=1S/C24H25NO7/c1-15(26)32-17-9-6-8-16(14-17)21-20(22(27)18-10-4-5-11-19(18)31-3)23(28)24(29)25(21)12-7-13-30-2/h4-6,8-11,14,21,27H,7,12-13H2,1-3H3/b22-20-. The Morgan fingerprint density at radius 2 is 1.84 bits per heavy atom. The second-order valence-corrected chi connectivity index (χ2v) is 7.21. The van der Waals surface area contributed by atoms with Gasteiger partial charge in [0.1, 0.15) is 17.3 Å². The molecule has 0 aromatic heterocycles. The molecule has 2 aromatic carbocycles. The number of rotatable bonds is 8. The van der Waals surface area contributed by atoms with Gasteiger partial charge >= 0.3 is 5.97 Å². The Kier molecular flexibility index (Phi) is 7.27. The first-order chi connectivity index (χ1) is 15.4. The summed E-state index contributed by atoms with van der Waals surface area (Å²) >= 11 is 0. The molecule has 1 atom stereocenters. The number of Topliss-reactive ketones (excluding diaryl/α,β-unsaturated/α-hetero) is 1. The topological polar surface area (TPSA) is 102 Å². The minimum atomic E-state index is -0.868. The predicted molar refractivity (Wildman–Crippen MR) is 116 cm³/mol. The second kappa shape index (κ2) is 10.1. The highest BCUT2D eigenvalue weighted by Crippen LogP contribution is 2.41. The van der Waals surface area contributed by atoms with Crippen LogP contribution in [0.3, 0.4) is 0 Å². The van der Waals surface area contributed by atoms with Gasteiger partial charge in [-0.05, 0) is 36.2 Å². The van der Waals surface area contributed by atoms with Crippen LogP contribution in [-0.4, -0.2) is 55.0 Å². The molecule has 1 saturated heterocycles. The molecule has 0 bridgehead atoms. The van der Waals surface area contributed by atoms with Crippen LogP contribution in [0.1, 0.15) is 30.5 Å². The van der Waals surface area contributed by atoms with E-state index in [2.05, 4.69) is 0 Å². The fourth-order valence-corrected chi connectivity index (χ4v) is 3.74. The van der Waals surface area contributed by atoms with E-state index in [-0.39, 0.29) is 23.6 Å². The summed E-state index contributed by atoms with van der Waals surface area (Å²) in [7, 11) is 3.01. The molecule has 1 aliphatic rings. The summed E-state index contributed by atoms with van der Waals surface area (Å²) in [6, 6.07) is 12.4. The van der Waals surface area contributed by atoms with Crippen molar-refractivity contribution in [3.8, 4) is 11.5 Å². The molecule has 32 heavy (non-hydrogen) atoms. The van der Waals surface area contributed by atoms with Crippen LogP contribution in [0.4, 0.5) is 0 Å². The van der Waals surface area contributed by atoms with Crippen molar-refractivity contribution in [1.29, 1.82) is 0 Å². The van der Waals surface area contributed by atoms with Gasteiger partial charge in [0.15, 0.2) is 0 Å². The first-order valence-corrected chi connectivity index (χ1v) is 10.1. The highest BCUT2D eigenvalue weighted by Gasteiger charge is 2.46. The Labute approximate surface area is 186 Å². The minimum Gasteiger partial charge on any atom is -0.507 e. The SMILES string of the molecule is COCCCN1C(=O)C(=O)/C(=C(\O)c2ccccc2OC)C1c1cccc(OC(C)=O)c1. The summed E-state index contributed by atoms with van der Waals surface area (Å²) in [6.07, 6.45) is 0.498. The smallest absolute Gasteiger partial charge is 0.308 e. The van der Waals surface area contributed by atoms with Crippen molar-refractivity contribution in [3.63, 3.8) is 0 Å². The molecule has 1 amide bonds. The third-order valence-electron chi connectivity index (χ3n) is 5.08. The molecule has 1 aliphatic heterocycles. The van der Waals surface area contributed by atoms with Gasteiger partial charge in [-0.2, -0.15) is 0 Å². The molecule has 0 aliphatic carbocycles. The van der Waals surface area contributed by atoms with E-state index in [4.69, 9.17) is 14.2 Å². The van der Waals surface area contributed by atoms with Crippen LogP contribution in [0.15, 0.2) is 54.1 Å². The van der Waals surface area contributed by atoms with Crippen molar-refractivity contribution in [2.45, 2.75) is 19.4 Å². The Morgan fingerprint density at radius 1 is 1.09 bits per heavy atom. The Morgan fingerprint density at radius 3 is 2.53 bits per heavy atom. The van der Waals surface area contributed by atoms with Gasteiger partial charge in [0, 0.05) is 27.2 Å². The molecule has 0 spiro atoms. The summed E-state index contributed by atoms with van der Waals surface area (Å²) in [4.78, 5) is 38.8. The summed E-state index contributed by atoms with van der Waals surface area (Å²) in [5.74, 6) is -1.71. The van der Waals surface area contributed by atoms with Crippen LogP contribution in [0, 0.1) is 0 Å². The molecule has 0 radical (unpaired) electrons. The number of carbonyl (C=O) groups is 3. The molecular formula is C24H25NO7. The van der Waals surface area contributed by atoms with Gasteiger partial charge in [0.2, 0.25) is 0 Å². The molecule has 1 heterocycles. The van der Waals surface area contributed by atoms with Crippen LogP contribution in [0.5, 0.6) is 11.5 Å². The number of aliphatic hydroxyl groups is 1. The Hall–Kier alpha value is -3.65. The average Bonchev–Trinajstić information content (AvgIpc) is 3.03. The summed E-state index contributed by atoms with van der Waals surface area (Å²) in [5, 5.41) is 11.1. The van der Waals surface area contributed by atoms with Crippen molar-refractivity contribution in [1.82, 2.24) is 4.90 Å². The van der Waals surface area contributed by atoms with Gasteiger partial charge in [0.25, 0.3) is 11.7 Å². The number of hydrogen-bond donors (Lipinski definition) is 1. The van der Waals surface area contributed by atoms with E-state index in [1.165, 1.54) is 18.9 Å². The summed E-state index contributed by atoms with van der Waals surface area (Å²) in [6.45, 7) is 1.92. The summed E-state index contributed by atoms with van der Waals surface area (Å²) in [5.41, 5.74) is 0.764. The molecule has 0 saturated carbocycles. The largest absolute Gasteiger partial charge is 0.507 e. The number of ketones is 1. The fraction of sp³-hybridized carbons (Fsp3) is 0.292. The molecule has 3 rings (SSSR count). The van der Waals surface area contributed by atoms with Gasteiger partial charge in [-0.3, -0.25) is 14.4 Å². The number of hydrogen-bond acceptors (Lipinski definition) is 7. The molecule has 2 aromatic rings. The zero-order chi connectivity index (χ0) is 23.3. The molecule has 1 N–H and O–H groups in total. The monoisotopic (exact) mass is 439 g/mol. The van der Waals surface area contributed by atoms with Crippen LogP contribution in [0.2, 0.25) is 0 Å². The van der Waals surface area contributed by atoms with Crippen molar-refractivity contribution in [3.05, 3.63) is 65.2 Å². The number of methoxy groups -OCH3 is 2. The first-order valence-electron chi connectivity index (χ1n) is 10.1. The predicted octanol–water partition coefficient (Wildman–Crippen LogP) is 3.08. The van der Waals surface area contributed by atoms with Crippen molar-refractivity contribution in [2.24, 2.45) is 0 Å². The van der Waals surface area contributed by atoms with Crippen LogP contribution >= 0.6 is 0 Å². The van der Waals surface area contributed by atoms with E-state index in [1.54, 1.807) is 55.6 Å². The Bertz CT molecular complexity index is 1060. The number of aliphatic hydroxyl groups excluding tert-OH is 1. The van der Waals surface area contributed by atoms with Crippen LogP contribution in [-0.2, 0) is 19.1 Å². The zero-order valence-corrected chi connectivity index (χ0v) is 18.2. The number of likely N-dealkylation sites (tertiary alicyclic amines) is 1. The lowest BCUT2D eigenvalue weighted by Gasteiger charge is -2.25. The van der Waals surface area contributed by atoms with Crippen LogP contribution in [0.25, 0.3) is 5.76 Å². The van der Waals surface area contributed by atoms with Gasteiger partial charge in [-0.1, -0.05) is 24.3 Å². The maximum Gasteiger partial charge on any atom is 0.308 e. The van der Waals surface area contributed by atoms with E-state index < -0.39 is 23.7 Å². The quantitative estimate of drug-likeness (QED) is 0.168. The average molecular weight is 439 g/mol. The van der Waals surface area contributed by atoms with Gasteiger partial charge in [-0.25, -0.2) is 0 Å². The number of esters is 1. The fourth-order valence-electron chi connectivity index (χ4n) is 3.74. The molecule has 1 unspecified atom stereocenters. The van der Waals surface area contributed by atoms with Gasteiger partial charge in [0.05, 0.1) is 24.3 Å². The van der Waals surface area contributed by atoms with Gasteiger partial charge in [-0.15, -0.1) is 0 Å². The lowest BCUT2D eigenvalue weighted by molar-refractivity contribution is -0.140. The number of nitrogens with zero attached hydrogens (tertiary/aromatic N) is 1. The minimum absolute atomic E-state index is 0.0584. The van der Waals surface area contributed by atoms with Crippen molar-refractivity contribution < 1.29 is 33.7 Å². The zero-order valence-electron chi connectivity index (χ0n) is 18.2. The number of amides is 1. The Balaban J connectivity index is 2.16.